The molecule has 0 saturated heterocycles. The van der Waals surface area contributed by atoms with Gasteiger partial charge in [0, 0.05) is 5.57 Å². The maximum atomic E-state index is 10.7. The van der Waals surface area contributed by atoms with Crippen LogP contribution in [0.3, 0.4) is 0 Å². The van der Waals surface area contributed by atoms with Crippen molar-refractivity contribution in [3.05, 3.63) is 24.8 Å². The second kappa shape index (κ2) is 5.15. The zero-order chi connectivity index (χ0) is 11.3. The Morgan fingerprint density at radius 2 is 1.93 bits per heavy atom. The van der Waals surface area contributed by atoms with E-state index in [0.717, 1.165) is 6.08 Å². The number of carbonyl (C=O) groups is 2. The summed E-state index contributed by atoms with van der Waals surface area (Å²) in [4.78, 5) is 21.2. The smallest absolute Gasteiger partial charge is 0.246 e. The summed E-state index contributed by atoms with van der Waals surface area (Å²) in [6.07, 6.45) is -2.36. The van der Waals surface area contributed by atoms with E-state index < -0.39 is 24.1 Å². The van der Waals surface area contributed by atoms with Crippen molar-refractivity contribution >= 4 is 11.8 Å². The van der Waals surface area contributed by atoms with Crippen LogP contribution in [0.2, 0.25) is 0 Å². The molecule has 0 spiro atoms. The molecule has 0 bridgehead atoms. The molecule has 2 unspecified atom stereocenters. The monoisotopic (exact) mass is 200 g/mol. The number of aliphatic hydroxyl groups excluding tert-OH is 2. The molecular formula is C8H12N2O4. The van der Waals surface area contributed by atoms with E-state index in [1.54, 1.807) is 0 Å². The van der Waals surface area contributed by atoms with Crippen molar-refractivity contribution < 1.29 is 19.8 Å². The van der Waals surface area contributed by atoms with E-state index in [-0.39, 0.29) is 5.57 Å². The molecular weight excluding hydrogens is 188 g/mol. The molecule has 0 rings (SSSR count). The molecule has 5 N–H and O–H groups in total. The van der Waals surface area contributed by atoms with Crippen molar-refractivity contribution in [2.24, 2.45) is 5.73 Å². The van der Waals surface area contributed by atoms with Crippen molar-refractivity contribution in [3.63, 3.8) is 0 Å². The van der Waals surface area contributed by atoms with Crippen molar-refractivity contribution in [3.8, 4) is 0 Å². The van der Waals surface area contributed by atoms with Crippen LogP contribution in [0.5, 0.6) is 0 Å². The van der Waals surface area contributed by atoms with Crippen molar-refractivity contribution in [1.82, 2.24) is 5.32 Å². The van der Waals surface area contributed by atoms with E-state index >= 15 is 0 Å². The molecule has 6 heteroatoms. The lowest BCUT2D eigenvalue weighted by Gasteiger charge is -2.18. The van der Waals surface area contributed by atoms with Gasteiger partial charge in [-0.05, 0) is 6.08 Å². The number of aliphatic hydroxyl groups is 2. The molecule has 0 radical (unpaired) electrons. The molecule has 0 saturated carbocycles. The third kappa shape index (κ3) is 3.38. The van der Waals surface area contributed by atoms with Gasteiger partial charge in [-0.15, -0.1) is 0 Å². The summed E-state index contributed by atoms with van der Waals surface area (Å²) >= 11 is 0. The SMILES string of the molecule is C=CC(=O)NC(O)C(O)C(=C)C(N)=O. The highest BCUT2D eigenvalue weighted by atomic mass is 16.3. The average molecular weight is 200 g/mol. The summed E-state index contributed by atoms with van der Waals surface area (Å²) in [5.74, 6) is -1.64. The van der Waals surface area contributed by atoms with E-state index in [1.165, 1.54) is 0 Å². The van der Waals surface area contributed by atoms with Crippen LogP contribution in [-0.2, 0) is 9.59 Å². The average Bonchev–Trinajstić information content (AvgIpc) is 2.14. The van der Waals surface area contributed by atoms with E-state index in [4.69, 9.17) is 10.8 Å². The Labute approximate surface area is 80.7 Å². The molecule has 0 aliphatic carbocycles. The molecule has 14 heavy (non-hydrogen) atoms. The Morgan fingerprint density at radius 1 is 1.43 bits per heavy atom. The number of amides is 2. The Morgan fingerprint density at radius 3 is 2.29 bits per heavy atom. The summed E-state index contributed by atoms with van der Waals surface area (Å²) in [5.41, 5.74) is 4.41. The molecule has 0 aliphatic rings. The number of hydrogen-bond acceptors (Lipinski definition) is 4. The van der Waals surface area contributed by atoms with Crippen molar-refractivity contribution in [2.45, 2.75) is 12.3 Å². The quantitative estimate of drug-likeness (QED) is 0.304. The third-order valence-corrected chi connectivity index (χ3v) is 1.45. The van der Waals surface area contributed by atoms with Gasteiger partial charge in [0.1, 0.15) is 6.10 Å². The number of primary amides is 1. The van der Waals surface area contributed by atoms with Gasteiger partial charge in [0.2, 0.25) is 11.8 Å². The van der Waals surface area contributed by atoms with Crippen LogP contribution in [0.25, 0.3) is 0 Å². The first kappa shape index (κ1) is 12.3. The number of nitrogens with one attached hydrogen (secondary N) is 1. The van der Waals surface area contributed by atoms with Gasteiger partial charge in [-0.1, -0.05) is 13.2 Å². The van der Waals surface area contributed by atoms with Crippen LogP contribution in [0.15, 0.2) is 24.8 Å². The van der Waals surface area contributed by atoms with Gasteiger partial charge >= 0.3 is 0 Å². The van der Waals surface area contributed by atoms with Crippen LogP contribution < -0.4 is 11.1 Å². The van der Waals surface area contributed by atoms with E-state index in [2.05, 4.69) is 13.2 Å². The van der Waals surface area contributed by atoms with Gasteiger partial charge in [0.15, 0.2) is 6.23 Å². The Kier molecular flexibility index (Phi) is 4.54. The summed E-state index contributed by atoms with van der Waals surface area (Å²) in [6, 6.07) is 0. The Hall–Kier alpha value is -1.66. The number of rotatable bonds is 5. The number of hydrogen-bond donors (Lipinski definition) is 4. The highest BCUT2D eigenvalue weighted by Gasteiger charge is 2.23. The standard InChI is InChI=1S/C8H12N2O4/c1-3-5(11)10-8(14)6(12)4(2)7(9)13/h3,6,8,12,14H,1-2H2,(H2,9,13)(H,10,11). The van der Waals surface area contributed by atoms with Gasteiger partial charge in [0.25, 0.3) is 0 Å². The third-order valence-electron chi connectivity index (χ3n) is 1.45. The highest BCUT2D eigenvalue weighted by molar-refractivity contribution is 5.92. The van der Waals surface area contributed by atoms with Crippen molar-refractivity contribution in [2.75, 3.05) is 0 Å². The normalized spacial score (nSPS) is 13.9. The molecule has 2 atom stereocenters. The predicted octanol–water partition coefficient (Wildman–Crippen LogP) is -1.99. The van der Waals surface area contributed by atoms with Crippen LogP contribution in [-0.4, -0.2) is 34.4 Å². The molecule has 0 aromatic carbocycles. The molecule has 0 aromatic rings. The lowest BCUT2D eigenvalue weighted by molar-refractivity contribution is -0.123. The van der Waals surface area contributed by atoms with Gasteiger partial charge in [0.05, 0.1) is 0 Å². The topological polar surface area (TPSA) is 113 Å². The molecule has 0 heterocycles. The minimum absolute atomic E-state index is 0.387. The molecule has 0 aliphatic heterocycles. The Bertz CT molecular complexity index is 275. The number of carbonyl (C=O) groups excluding carboxylic acids is 2. The second-order valence-electron chi connectivity index (χ2n) is 2.49. The van der Waals surface area contributed by atoms with Crippen LogP contribution in [0.4, 0.5) is 0 Å². The van der Waals surface area contributed by atoms with Gasteiger partial charge in [-0.3, -0.25) is 9.59 Å². The van der Waals surface area contributed by atoms with Gasteiger partial charge in [-0.25, -0.2) is 0 Å². The molecule has 78 valence electrons. The van der Waals surface area contributed by atoms with Crippen molar-refractivity contribution in [1.29, 1.82) is 0 Å². The van der Waals surface area contributed by atoms with Crippen LogP contribution in [0.1, 0.15) is 0 Å². The number of nitrogens with two attached hydrogens (primary N) is 1. The van der Waals surface area contributed by atoms with E-state index in [1.807, 2.05) is 5.32 Å². The minimum atomic E-state index is -1.64. The maximum absolute atomic E-state index is 10.7. The zero-order valence-corrected chi connectivity index (χ0v) is 7.43. The van der Waals surface area contributed by atoms with E-state index in [9.17, 15) is 14.7 Å². The predicted molar refractivity (Wildman–Crippen MR) is 48.7 cm³/mol. The maximum Gasteiger partial charge on any atom is 0.246 e. The lowest BCUT2D eigenvalue weighted by Crippen LogP contribution is -2.45. The van der Waals surface area contributed by atoms with E-state index in [0.29, 0.717) is 0 Å². The minimum Gasteiger partial charge on any atom is -0.383 e. The zero-order valence-electron chi connectivity index (χ0n) is 7.43. The van der Waals surface area contributed by atoms with Gasteiger partial charge in [-0.2, -0.15) is 0 Å². The fourth-order valence-corrected chi connectivity index (χ4v) is 0.620. The first-order valence-electron chi connectivity index (χ1n) is 3.67. The molecule has 6 nitrogen and oxygen atoms in total. The molecule has 0 aromatic heterocycles. The van der Waals surface area contributed by atoms with Gasteiger partial charge < -0.3 is 21.3 Å². The van der Waals surface area contributed by atoms with Crippen LogP contribution in [0, 0.1) is 0 Å². The molecule has 0 fully saturated rings. The first-order valence-corrected chi connectivity index (χ1v) is 3.67. The fraction of sp³-hybridized carbons (Fsp3) is 0.250. The summed E-state index contributed by atoms with van der Waals surface area (Å²) < 4.78 is 0. The lowest BCUT2D eigenvalue weighted by atomic mass is 10.1. The Balaban J connectivity index is 4.31. The first-order chi connectivity index (χ1) is 6.40. The highest BCUT2D eigenvalue weighted by Crippen LogP contribution is 2.01. The molecule has 2 amide bonds. The summed E-state index contributed by atoms with van der Waals surface area (Å²) in [7, 11) is 0. The van der Waals surface area contributed by atoms with Crippen LogP contribution >= 0.6 is 0 Å². The fourth-order valence-electron chi connectivity index (χ4n) is 0.620. The second-order valence-corrected chi connectivity index (χ2v) is 2.49. The summed E-state index contributed by atoms with van der Waals surface area (Å²) in [5, 5.41) is 20.3. The largest absolute Gasteiger partial charge is 0.383 e. The summed E-state index contributed by atoms with van der Waals surface area (Å²) in [6.45, 7) is 6.28.